The van der Waals surface area contributed by atoms with Crippen molar-refractivity contribution in [3.05, 3.63) is 72.3 Å². The van der Waals surface area contributed by atoms with E-state index in [1.54, 1.807) is 29.2 Å². The van der Waals surface area contributed by atoms with Crippen LogP contribution in [-0.4, -0.2) is 39.7 Å². The maximum atomic E-state index is 4.62. The minimum Gasteiger partial charge on any atom is -0.324 e. The Balaban J connectivity index is 1.48. The van der Waals surface area contributed by atoms with Crippen molar-refractivity contribution in [3.8, 4) is 22.8 Å². The van der Waals surface area contributed by atoms with Gasteiger partial charge < -0.3 is 5.32 Å². The fourth-order valence-corrected chi connectivity index (χ4v) is 3.22. The Bertz CT molecular complexity index is 1350. The van der Waals surface area contributed by atoms with Gasteiger partial charge in [-0.15, -0.1) is 15.3 Å². The first-order valence-electron chi connectivity index (χ1n) is 9.91. The molecule has 152 valence electrons. The predicted octanol–water partition coefficient (Wildman–Crippen LogP) is 3.65. The number of aryl methyl sites for hydroxylation is 2. The van der Waals surface area contributed by atoms with E-state index in [0.29, 0.717) is 28.9 Å². The van der Waals surface area contributed by atoms with Crippen LogP contribution in [-0.2, 0) is 6.42 Å². The lowest BCUT2D eigenvalue weighted by molar-refractivity contribution is 0.851. The first kappa shape index (κ1) is 18.7. The highest BCUT2D eigenvalue weighted by Gasteiger charge is 2.15. The number of fused-ring (bicyclic) bond motifs is 1. The normalized spacial score (nSPS) is 11.0. The number of anilines is 2. The van der Waals surface area contributed by atoms with Gasteiger partial charge in [0.1, 0.15) is 5.69 Å². The standard InChI is InChI=1S/C22H19N9/c1-3-15-4-6-17(7-5-15)25-21-24-13-10-18(26-21)19-14(2)31-22(29-28-19)27-20(30-31)16-8-11-23-12-9-16/h4-13H,3H2,1-2H3,(H,24,25,26). The molecule has 0 aliphatic rings. The Morgan fingerprint density at radius 1 is 0.903 bits per heavy atom. The number of hydrogen-bond acceptors (Lipinski definition) is 8. The van der Waals surface area contributed by atoms with Crippen LogP contribution in [0.15, 0.2) is 61.1 Å². The third-order valence-electron chi connectivity index (χ3n) is 4.94. The van der Waals surface area contributed by atoms with E-state index in [4.69, 9.17) is 0 Å². The number of nitrogens with zero attached hydrogens (tertiary/aromatic N) is 8. The van der Waals surface area contributed by atoms with E-state index in [9.17, 15) is 0 Å². The summed E-state index contributed by atoms with van der Waals surface area (Å²) in [7, 11) is 0. The summed E-state index contributed by atoms with van der Waals surface area (Å²) >= 11 is 0. The topological polar surface area (TPSA) is 107 Å². The number of pyridine rings is 1. The second-order valence-corrected chi connectivity index (χ2v) is 6.96. The van der Waals surface area contributed by atoms with Crippen LogP contribution in [0.3, 0.4) is 0 Å². The zero-order valence-corrected chi connectivity index (χ0v) is 17.1. The molecule has 1 aromatic carbocycles. The molecule has 0 bridgehead atoms. The molecule has 0 saturated heterocycles. The molecule has 0 saturated carbocycles. The van der Waals surface area contributed by atoms with Crippen molar-refractivity contribution >= 4 is 17.4 Å². The number of benzene rings is 1. The van der Waals surface area contributed by atoms with Gasteiger partial charge in [0.25, 0.3) is 5.78 Å². The van der Waals surface area contributed by atoms with Gasteiger partial charge in [-0.05, 0) is 49.2 Å². The molecule has 9 heteroatoms. The highest BCUT2D eigenvalue weighted by molar-refractivity contribution is 5.62. The molecule has 31 heavy (non-hydrogen) atoms. The van der Waals surface area contributed by atoms with Crippen LogP contribution in [0, 0.1) is 6.92 Å². The molecule has 1 N–H and O–H groups in total. The Morgan fingerprint density at radius 2 is 1.71 bits per heavy atom. The Morgan fingerprint density at radius 3 is 2.48 bits per heavy atom. The second kappa shape index (κ2) is 7.86. The zero-order valence-electron chi connectivity index (χ0n) is 17.1. The number of nitrogens with one attached hydrogen (secondary N) is 1. The molecular formula is C22H19N9. The molecular weight excluding hydrogens is 390 g/mol. The summed E-state index contributed by atoms with van der Waals surface area (Å²) in [5.41, 5.74) is 5.11. The molecule has 4 heterocycles. The van der Waals surface area contributed by atoms with E-state index in [2.05, 4.69) is 59.6 Å². The van der Waals surface area contributed by atoms with Gasteiger partial charge in [-0.1, -0.05) is 19.1 Å². The lowest BCUT2D eigenvalue weighted by atomic mass is 10.1. The van der Waals surface area contributed by atoms with E-state index >= 15 is 0 Å². The summed E-state index contributed by atoms with van der Waals surface area (Å²) in [4.78, 5) is 17.5. The zero-order chi connectivity index (χ0) is 21.2. The summed E-state index contributed by atoms with van der Waals surface area (Å²) in [5.74, 6) is 1.48. The Hall–Kier alpha value is -4.27. The number of rotatable bonds is 5. The molecule has 0 aliphatic heterocycles. The highest BCUT2D eigenvalue weighted by atomic mass is 15.4. The smallest absolute Gasteiger partial charge is 0.272 e. The average Bonchev–Trinajstić information content (AvgIpc) is 3.26. The molecule has 5 rings (SSSR count). The maximum Gasteiger partial charge on any atom is 0.272 e. The van der Waals surface area contributed by atoms with Crippen molar-refractivity contribution in [1.82, 2.24) is 39.7 Å². The summed E-state index contributed by atoms with van der Waals surface area (Å²) < 4.78 is 1.68. The molecule has 0 radical (unpaired) electrons. The van der Waals surface area contributed by atoms with E-state index < -0.39 is 0 Å². The van der Waals surface area contributed by atoms with Crippen molar-refractivity contribution in [2.75, 3.05) is 5.32 Å². The molecule has 0 fully saturated rings. The lowest BCUT2D eigenvalue weighted by Gasteiger charge is -2.08. The average molecular weight is 409 g/mol. The molecule has 0 amide bonds. The SMILES string of the molecule is CCc1ccc(Nc2nccc(-c3nnc4nc(-c5ccncc5)nn4c3C)n2)cc1. The summed E-state index contributed by atoms with van der Waals surface area (Å²) in [6.07, 6.45) is 6.10. The third kappa shape index (κ3) is 3.68. The van der Waals surface area contributed by atoms with E-state index in [-0.39, 0.29) is 0 Å². The fraction of sp³-hybridized carbons (Fsp3) is 0.136. The molecule has 0 atom stereocenters. The predicted molar refractivity (Wildman–Crippen MR) is 117 cm³/mol. The van der Waals surface area contributed by atoms with Crippen molar-refractivity contribution in [2.24, 2.45) is 0 Å². The molecule has 4 aromatic heterocycles. The van der Waals surface area contributed by atoms with Crippen LogP contribution in [0.2, 0.25) is 0 Å². The number of hydrogen-bond donors (Lipinski definition) is 1. The second-order valence-electron chi connectivity index (χ2n) is 6.96. The van der Waals surface area contributed by atoms with Gasteiger partial charge in [0.05, 0.1) is 11.4 Å². The van der Waals surface area contributed by atoms with Crippen LogP contribution in [0.25, 0.3) is 28.6 Å². The van der Waals surface area contributed by atoms with Gasteiger partial charge in [0, 0.05) is 29.8 Å². The summed E-state index contributed by atoms with van der Waals surface area (Å²) in [5, 5.41) is 16.4. The monoisotopic (exact) mass is 409 g/mol. The Labute approximate surface area is 178 Å². The highest BCUT2D eigenvalue weighted by Crippen LogP contribution is 2.22. The summed E-state index contributed by atoms with van der Waals surface area (Å²) in [6, 6.07) is 13.7. The summed E-state index contributed by atoms with van der Waals surface area (Å²) in [6.45, 7) is 4.05. The fourth-order valence-electron chi connectivity index (χ4n) is 3.22. The van der Waals surface area contributed by atoms with Gasteiger partial charge in [-0.3, -0.25) is 4.98 Å². The minimum absolute atomic E-state index is 0.427. The van der Waals surface area contributed by atoms with Crippen molar-refractivity contribution in [2.45, 2.75) is 20.3 Å². The minimum atomic E-state index is 0.427. The van der Waals surface area contributed by atoms with Gasteiger partial charge in [-0.25, -0.2) is 9.97 Å². The third-order valence-corrected chi connectivity index (χ3v) is 4.94. The van der Waals surface area contributed by atoms with Crippen molar-refractivity contribution in [3.63, 3.8) is 0 Å². The largest absolute Gasteiger partial charge is 0.324 e. The molecule has 0 unspecified atom stereocenters. The Kier molecular flexibility index (Phi) is 4.75. The maximum absolute atomic E-state index is 4.62. The molecule has 0 spiro atoms. The van der Waals surface area contributed by atoms with Gasteiger partial charge in [0.2, 0.25) is 5.95 Å². The molecule has 9 nitrogen and oxygen atoms in total. The van der Waals surface area contributed by atoms with Crippen LogP contribution in [0.1, 0.15) is 18.2 Å². The number of aromatic nitrogens is 8. The van der Waals surface area contributed by atoms with Crippen LogP contribution in [0.4, 0.5) is 11.6 Å². The van der Waals surface area contributed by atoms with Crippen molar-refractivity contribution in [1.29, 1.82) is 0 Å². The van der Waals surface area contributed by atoms with E-state index in [1.165, 1.54) is 5.56 Å². The first-order valence-corrected chi connectivity index (χ1v) is 9.91. The molecule has 0 aliphatic carbocycles. The van der Waals surface area contributed by atoms with Crippen LogP contribution >= 0.6 is 0 Å². The van der Waals surface area contributed by atoms with Crippen molar-refractivity contribution < 1.29 is 0 Å². The van der Waals surface area contributed by atoms with E-state index in [1.807, 2.05) is 31.2 Å². The van der Waals surface area contributed by atoms with Gasteiger partial charge in [0.15, 0.2) is 5.82 Å². The quantitative estimate of drug-likeness (QED) is 0.469. The van der Waals surface area contributed by atoms with Crippen LogP contribution < -0.4 is 5.32 Å². The van der Waals surface area contributed by atoms with Gasteiger partial charge >= 0.3 is 0 Å². The van der Waals surface area contributed by atoms with Crippen LogP contribution in [0.5, 0.6) is 0 Å². The first-order chi connectivity index (χ1) is 15.2. The van der Waals surface area contributed by atoms with E-state index in [0.717, 1.165) is 23.4 Å². The lowest BCUT2D eigenvalue weighted by Crippen LogP contribution is -2.05. The molecule has 5 aromatic rings. The van der Waals surface area contributed by atoms with Gasteiger partial charge in [-0.2, -0.15) is 9.50 Å².